The Hall–Kier alpha value is -6.94. The molecular formula is C53H34N2S. The fourth-order valence-electron chi connectivity index (χ4n) is 8.90. The van der Waals surface area contributed by atoms with E-state index in [2.05, 4.69) is 200 Å². The minimum absolute atomic E-state index is 0.555. The van der Waals surface area contributed by atoms with Gasteiger partial charge in [0, 0.05) is 36.9 Å². The van der Waals surface area contributed by atoms with Crippen molar-refractivity contribution in [1.29, 1.82) is 0 Å². The molecule has 8 aromatic carbocycles. The van der Waals surface area contributed by atoms with E-state index in [1.54, 1.807) is 0 Å². The Morgan fingerprint density at radius 2 is 0.929 bits per heavy atom. The molecule has 0 bridgehead atoms. The van der Waals surface area contributed by atoms with Gasteiger partial charge >= 0.3 is 0 Å². The average Bonchev–Trinajstić information content (AvgIpc) is 3.81. The van der Waals surface area contributed by atoms with E-state index in [0.717, 1.165) is 28.1 Å². The second kappa shape index (κ2) is 13.1. The van der Waals surface area contributed by atoms with Crippen molar-refractivity contribution in [1.82, 2.24) is 9.97 Å². The molecule has 11 rings (SSSR count). The monoisotopic (exact) mass is 730 g/mol. The Balaban J connectivity index is 1.10. The Bertz CT molecular complexity index is 3020. The molecule has 0 fully saturated rings. The molecule has 10 aromatic rings. The first kappa shape index (κ1) is 32.5. The van der Waals surface area contributed by atoms with Crippen molar-refractivity contribution in [2.75, 3.05) is 0 Å². The molecule has 2 nitrogen and oxygen atoms in total. The lowest BCUT2D eigenvalue weighted by Crippen LogP contribution is -2.29. The first-order valence-electron chi connectivity index (χ1n) is 19.1. The van der Waals surface area contributed by atoms with Crippen LogP contribution in [0, 0.1) is 0 Å². The molecular weight excluding hydrogens is 697 g/mol. The summed E-state index contributed by atoms with van der Waals surface area (Å²) in [6.45, 7) is 0. The lowest BCUT2D eigenvalue weighted by atomic mass is 9.66. The molecule has 2 heterocycles. The lowest BCUT2D eigenvalue weighted by molar-refractivity contribution is 0.769. The first-order valence-corrected chi connectivity index (χ1v) is 19.9. The minimum Gasteiger partial charge on any atom is -0.228 e. The molecule has 2 aromatic heterocycles. The van der Waals surface area contributed by atoms with Gasteiger partial charge in [-0.05, 0) is 62.7 Å². The molecule has 0 saturated carbocycles. The summed E-state index contributed by atoms with van der Waals surface area (Å²) < 4.78 is 2.63. The molecule has 262 valence electrons. The zero-order chi connectivity index (χ0) is 37.1. The van der Waals surface area contributed by atoms with Gasteiger partial charge in [-0.1, -0.05) is 188 Å². The van der Waals surface area contributed by atoms with Gasteiger partial charge in [0.1, 0.15) is 0 Å². The fourth-order valence-corrected chi connectivity index (χ4v) is 10.1. The summed E-state index contributed by atoms with van der Waals surface area (Å²) in [6.07, 6.45) is 0. The van der Waals surface area contributed by atoms with Gasteiger partial charge in [0.25, 0.3) is 0 Å². The van der Waals surface area contributed by atoms with Gasteiger partial charge in [0.05, 0.1) is 16.8 Å². The number of hydrogen-bond acceptors (Lipinski definition) is 3. The summed E-state index contributed by atoms with van der Waals surface area (Å²) >= 11 is 1.85. The molecule has 0 amide bonds. The molecule has 0 unspecified atom stereocenters. The highest BCUT2D eigenvalue weighted by Crippen LogP contribution is 2.58. The van der Waals surface area contributed by atoms with Crippen LogP contribution >= 0.6 is 11.3 Å². The number of benzene rings is 8. The zero-order valence-corrected chi connectivity index (χ0v) is 31.2. The van der Waals surface area contributed by atoms with Crippen LogP contribution in [0.25, 0.3) is 76.3 Å². The standard InChI is InChI=1S/C53H34N2S/c1-4-15-37(16-5-1)52-54-47(36-29-27-35(28-30-36)38-31-32-43-42-22-11-13-26-49(42)56-50(43)33-38)34-48(55-52)45-24-14-23-44-41-21-10-12-25-46(41)53(51(44)45,39-17-6-2-7-18-39)40-19-8-3-9-20-40/h1-34H. The van der Waals surface area contributed by atoms with E-state index in [4.69, 9.17) is 9.97 Å². The third kappa shape index (κ3) is 5.09. The predicted octanol–water partition coefficient (Wildman–Crippen LogP) is 13.9. The van der Waals surface area contributed by atoms with Gasteiger partial charge < -0.3 is 0 Å². The molecule has 0 saturated heterocycles. The summed E-state index contributed by atoms with van der Waals surface area (Å²) in [4.78, 5) is 10.6. The Kier molecular flexibility index (Phi) is 7.61. The molecule has 0 atom stereocenters. The number of aromatic nitrogens is 2. The Morgan fingerprint density at radius 3 is 1.70 bits per heavy atom. The minimum atomic E-state index is -0.555. The molecule has 0 radical (unpaired) electrons. The number of rotatable bonds is 6. The van der Waals surface area contributed by atoms with E-state index >= 15 is 0 Å². The molecule has 1 aliphatic carbocycles. The SMILES string of the molecule is c1ccc(-c2nc(-c3ccc(-c4ccc5c(c4)sc4ccccc45)cc3)cc(-c3cccc4c3C(c3ccccc3)(c3ccccc3)c3ccccc3-4)n2)cc1. The molecule has 56 heavy (non-hydrogen) atoms. The number of fused-ring (bicyclic) bond motifs is 6. The second-order valence-electron chi connectivity index (χ2n) is 14.5. The van der Waals surface area contributed by atoms with Crippen LogP contribution in [0.15, 0.2) is 206 Å². The van der Waals surface area contributed by atoms with Crippen LogP contribution in [0.1, 0.15) is 22.3 Å². The molecule has 1 aliphatic rings. The molecule has 0 N–H and O–H groups in total. The maximum absolute atomic E-state index is 5.39. The van der Waals surface area contributed by atoms with Crippen molar-refractivity contribution in [3.05, 3.63) is 229 Å². The van der Waals surface area contributed by atoms with Crippen LogP contribution in [-0.2, 0) is 5.41 Å². The largest absolute Gasteiger partial charge is 0.228 e. The molecule has 0 spiro atoms. The van der Waals surface area contributed by atoms with Gasteiger partial charge in [-0.3, -0.25) is 0 Å². The first-order chi connectivity index (χ1) is 27.8. The van der Waals surface area contributed by atoms with Gasteiger partial charge in [0.15, 0.2) is 5.82 Å². The van der Waals surface area contributed by atoms with Crippen molar-refractivity contribution < 1.29 is 0 Å². The van der Waals surface area contributed by atoms with Crippen LogP contribution < -0.4 is 0 Å². The van der Waals surface area contributed by atoms with E-state index < -0.39 is 5.41 Å². The van der Waals surface area contributed by atoms with Crippen molar-refractivity contribution in [2.24, 2.45) is 0 Å². The Morgan fingerprint density at radius 1 is 0.357 bits per heavy atom. The van der Waals surface area contributed by atoms with E-state index in [0.29, 0.717) is 5.82 Å². The summed E-state index contributed by atoms with van der Waals surface area (Å²) in [5, 5.41) is 2.63. The van der Waals surface area contributed by atoms with Gasteiger partial charge in [-0.15, -0.1) is 11.3 Å². The van der Waals surface area contributed by atoms with Gasteiger partial charge in [0.2, 0.25) is 0 Å². The quantitative estimate of drug-likeness (QED) is 0.170. The van der Waals surface area contributed by atoms with E-state index in [9.17, 15) is 0 Å². The number of hydrogen-bond donors (Lipinski definition) is 0. The topological polar surface area (TPSA) is 25.8 Å². The summed E-state index contributed by atoms with van der Waals surface area (Å²) in [5.74, 6) is 0.704. The third-order valence-corrected chi connectivity index (χ3v) is 12.5. The van der Waals surface area contributed by atoms with E-state index in [1.165, 1.54) is 64.7 Å². The van der Waals surface area contributed by atoms with Crippen molar-refractivity contribution in [2.45, 2.75) is 5.41 Å². The van der Waals surface area contributed by atoms with Crippen LogP contribution in [0.4, 0.5) is 0 Å². The van der Waals surface area contributed by atoms with Crippen molar-refractivity contribution in [3.8, 4) is 56.2 Å². The average molecular weight is 731 g/mol. The molecule has 3 heteroatoms. The van der Waals surface area contributed by atoms with Crippen LogP contribution in [0.3, 0.4) is 0 Å². The summed E-state index contributed by atoms with van der Waals surface area (Å²) in [5.41, 5.74) is 14.2. The highest BCUT2D eigenvalue weighted by Gasteiger charge is 2.47. The van der Waals surface area contributed by atoms with Crippen LogP contribution in [0.5, 0.6) is 0 Å². The predicted molar refractivity (Wildman–Crippen MR) is 234 cm³/mol. The van der Waals surface area contributed by atoms with Gasteiger partial charge in [-0.25, -0.2) is 9.97 Å². The normalized spacial score (nSPS) is 12.8. The maximum atomic E-state index is 5.39. The Labute approximate surface area is 330 Å². The second-order valence-corrected chi connectivity index (χ2v) is 15.6. The fraction of sp³-hybridized carbons (Fsp3) is 0.0189. The zero-order valence-electron chi connectivity index (χ0n) is 30.4. The summed E-state index contributed by atoms with van der Waals surface area (Å²) in [6, 6.07) is 74.4. The molecule has 0 aliphatic heterocycles. The van der Waals surface area contributed by atoms with Crippen molar-refractivity contribution in [3.63, 3.8) is 0 Å². The highest BCUT2D eigenvalue weighted by atomic mass is 32.1. The van der Waals surface area contributed by atoms with E-state index in [-0.39, 0.29) is 0 Å². The highest BCUT2D eigenvalue weighted by molar-refractivity contribution is 7.25. The van der Waals surface area contributed by atoms with Gasteiger partial charge in [-0.2, -0.15) is 0 Å². The third-order valence-electron chi connectivity index (χ3n) is 11.4. The maximum Gasteiger partial charge on any atom is 0.160 e. The van der Waals surface area contributed by atoms with Crippen molar-refractivity contribution >= 4 is 31.5 Å². The van der Waals surface area contributed by atoms with Crippen LogP contribution in [-0.4, -0.2) is 9.97 Å². The number of nitrogens with zero attached hydrogens (tertiary/aromatic N) is 2. The lowest BCUT2D eigenvalue weighted by Gasteiger charge is -2.35. The number of thiophene rings is 1. The van der Waals surface area contributed by atoms with E-state index in [1.807, 2.05) is 17.4 Å². The smallest absolute Gasteiger partial charge is 0.160 e. The summed E-state index contributed by atoms with van der Waals surface area (Å²) in [7, 11) is 0. The van der Waals surface area contributed by atoms with Crippen LogP contribution in [0.2, 0.25) is 0 Å².